The van der Waals surface area contributed by atoms with Crippen LogP contribution >= 0.6 is 0 Å². The normalized spacial score (nSPS) is 15.6. The number of imidazole rings is 1. The first-order chi connectivity index (χ1) is 66.6. The monoisotopic (exact) mass is 1850 g/mol. The second kappa shape index (κ2) is 42.9. The van der Waals surface area contributed by atoms with Crippen LogP contribution in [0.1, 0.15) is 25.5 Å². The number of carbonyl (C=O) groups excluding carboxylic acids is 3. The highest BCUT2D eigenvalue weighted by Gasteiger charge is 2.29. The van der Waals surface area contributed by atoms with Crippen molar-refractivity contribution in [2.45, 2.75) is 38.8 Å². The minimum Gasteiger partial charge on any atom is -0.395 e. The molecule has 0 unspecified atom stereocenters. The van der Waals surface area contributed by atoms with E-state index in [2.05, 4.69) is 107 Å². The molecule has 6 aliphatic rings. The average molecular weight is 1850 g/mol. The summed E-state index contributed by atoms with van der Waals surface area (Å²) in [6, 6.07) is 43.3. The number of rotatable bonds is 18. The number of hydrogen-bond donors (Lipinski definition) is 11. The Morgan fingerprint density at radius 1 is 0.441 bits per heavy atom. The van der Waals surface area contributed by atoms with E-state index >= 15 is 0 Å². The van der Waals surface area contributed by atoms with Crippen molar-refractivity contribution in [3.05, 3.63) is 195 Å². The molecule has 44 heteroatoms. The Morgan fingerprint density at radius 2 is 0.846 bits per heavy atom. The third kappa shape index (κ3) is 22.2. The molecule has 1 atom stereocenters. The number of carbonyl (C=O) groups is 3. The highest BCUT2D eigenvalue weighted by Crippen LogP contribution is 2.33. The standard InChI is InChI=1S/C21H26N8O2.C20H24N6O3.C19H22N6O3.C17H17N7O.C15H17N7O/c30-21(24-17-3-1-7-22-15-17)23-16-5-9-28(10-6-16)20-25-19(27-11-13-31-14-12-27)18-4-2-8-29(18)26-20;1-14(27)13-21-20(28)22-16-6-4-15(5-7-16)18-23-19(25-9-11-29-12-10-25)17-3-2-8-26(17)24-18;26-11-7-20-19(27)21-15-5-3-14(4-6-15)17-22-18(24-9-12-28-13-10-24)16-2-1-8-25(16)23-17;18-17-19-12-4-3-11(10-13(12)20-17)15-21-16(23-6-8-25-9-7-23)14-2-1-5-24(14)22-15;1-10-11(9-17-15(16)18-10)13-19-14(21-5-7-23-8-6-21)12-3-2-4-22(12)20-13/h1-4,7-8,15-16H,5-6,9-14H2,(H2,23,24,30);2-8,14,27H,9-13H2,1H3,(H2,21,22,28);1-6,8,26H,7,9-13H2,(H2,20,21,27);1-5,10H,6-9H2,(H3,18,19,20);2-4,9H,5-8H2,1H3,(H2,16,17,18)/t;14-;;;/m.0.../s1. The molecule has 0 radical (unpaired) electrons. The first-order valence-electron chi connectivity index (χ1n) is 45.2. The van der Waals surface area contributed by atoms with E-state index in [0.717, 1.165) is 193 Å². The van der Waals surface area contributed by atoms with Crippen LogP contribution in [0.25, 0.3) is 84.2 Å². The number of hydrogen-bond acceptors (Lipinski definition) is 32. The number of aliphatic hydroxyl groups is 2. The molecule has 6 amide bonds. The number of piperidine rings is 1. The molecule has 13 N–H and O–H groups in total. The molecule has 6 fully saturated rings. The number of benzene rings is 3. The summed E-state index contributed by atoms with van der Waals surface area (Å²) in [6.07, 6.45) is 15.7. The number of nitrogens with one attached hydrogen (secondary N) is 7. The van der Waals surface area contributed by atoms with Gasteiger partial charge in [0.25, 0.3) is 0 Å². The fourth-order valence-electron chi connectivity index (χ4n) is 16.3. The Kier molecular flexibility index (Phi) is 28.7. The number of nitrogens with two attached hydrogens (primary N) is 2. The summed E-state index contributed by atoms with van der Waals surface area (Å²) in [4.78, 5) is 92.9. The lowest BCUT2D eigenvalue weighted by atomic mass is 10.1. The number of aromatic nitrogens is 20. The molecule has 704 valence electrons. The molecule has 44 nitrogen and oxygen atoms in total. The van der Waals surface area contributed by atoms with Gasteiger partial charge in [0.05, 0.1) is 113 Å². The maximum atomic E-state index is 12.3. The fourth-order valence-corrected chi connectivity index (χ4v) is 16.3. The van der Waals surface area contributed by atoms with Gasteiger partial charge in [-0.2, -0.15) is 4.98 Å². The lowest BCUT2D eigenvalue weighted by Crippen LogP contribution is -2.46. The van der Waals surface area contributed by atoms with Crippen LogP contribution in [0.3, 0.4) is 0 Å². The van der Waals surface area contributed by atoms with Crippen LogP contribution < -0.4 is 72.8 Å². The van der Waals surface area contributed by atoms with Crippen molar-refractivity contribution in [1.29, 1.82) is 0 Å². The van der Waals surface area contributed by atoms with Crippen molar-refractivity contribution in [3.8, 4) is 45.6 Å². The second-order valence-corrected chi connectivity index (χ2v) is 32.6. The largest absolute Gasteiger partial charge is 0.395 e. The summed E-state index contributed by atoms with van der Waals surface area (Å²) in [5, 5.41) is 57.6. The predicted octanol–water partition coefficient (Wildman–Crippen LogP) is 7.44. The summed E-state index contributed by atoms with van der Waals surface area (Å²) in [5.41, 5.74) is 24.1. The number of fused-ring (bicyclic) bond motifs is 6. The van der Waals surface area contributed by atoms with Crippen LogP contribution in [0.5, 0.6) is 0 Å². The number of aromatic amines is 1. The lowest BCUT2D eigenvalue weighted by Gasteiger charge is -2.33. The van der Waals surface area contributed by atoms with Gasteiger partial charge in [-0.05, 0) is 166 Å². The predicted molar refractivity (Wildman–Crippen MR) is 515 cm³/mol. The maximum Gasteiger partial charge on any atom is 0.319 e. The molecule has 3 aromatic carbocycles. The summed E-state index contributed by atoms with van der Waals surface area (Å²) in [5.74, 6) is 8.44. The van der Waals surface area contributed by atoms with E-state index in [4.69, 9.17) is 70.3 Å². The zero-order valence-electron chi connectivity index (χ0n) is 75.1. The molecule has 0 saturated carbocycles. The van der Waals surface area contributed by atoms with E-state index < -0.39 is 6.10 Å². The molecule has 0 bridgehead atoms. The molecule has 0 aliphatic carbocycles. The Bertz CT molecular complexity index is 6730. The van der Waals surface area contributed by atoms with Crippen molar-refractivity contribution < 1.29 is 48.3 Å². The zero-order valence-corrected chi connectivity index (χ0v) is 75.1. The van der Waals surface area contributed by atoms with Crippen molar-refractivity contribution in [2.75, 3.05) is 221 Å². The van der Waals surface area contributed by atoms with Gasteiger partial charge in [-0.25, -0.2) is 71.8 Å². The number of nitrogen functional groups attached to an aromatic ring is 2. The Balaban J connectivity index is 0.000000114. The lowest BCUT2D eigenvalue weighted by molar-refractivity contribution is 0.122. The molecule has 6 aliphatic heterocycles. The van der Waals surface area contributed by atoms with Crippen molar-refractivity contribution in [3.63, 3.8) is 0 Å². The molecule has 16 aromatic rings. The number of nitrogens with zero attached hydrogens (tertiary/aromatic N) is 25. The molecule has 136 heavy (non-hydrogen) atoms. The van der Waals surface area contributed by atoms with Crippen molar-refractivity contribution >= 4 is 121 Å². The SMILES string of the molecule is C[C@H](O)CNC(=O)Nc1ccc(-c2nc(N3CCOCC3)c3cccn3n2)cc1.Cc1nc(N)ncc1-c1nc(N2CCOCC2)c2cccn2n1.Nc1nc2ccc(-c3nc(N4CCOCC4)c4cccn4n3)cc2[nH]1.O=C(NCCO)Nc1ccc(-c2nc(N3CCOCC3)c3cccn3n2)cc1.O=C(Nc1cccnc1)NC1CCN(c2nc(N3CCOCC3)c3cccn3n2)CC1. The molecule has 0 spiro atoms. The van der Waals surface area contributed by atoms with E-state index in [-0.39, 0.29) is 49.8 Å². The van der Waals surface area contributed by atoms with Gasteiger partial charge >= 0.3 is 18.1 Å². The summed E-state index contributed by atoms with van der Waals surface area (Å²) >= 11 is 0. The van der Waals surface area contributed by atoms with E-state index in [1.807, 2.05) is 170 Å². The van der Waals surface area contributed by atoms with Crippen LogP contribution in [0.4, 0.5) is 78.4 Å². The van der Waals surface area contributed by atoms with Crippen LogP contribution in [-0.4, -0.2) is 303 Å². The number of urea groups is 3. The van der Waals surface area contributed by atoms with Crippen LogP contribution in [-0.2, 0) is 23.7 Å². The number of H-pyrrole nitrogens is 1. The number of anilines is 11. The number of morpholine rings is 5. The van der Waals surface area contributed by atoms with Gasteiger partial charge in [0.2, 0.25) is 11.9 Å². The zero-order chi connectivity index (χ0) is 93.2. The molecule has 22 rings (SSSR count). The summed E-state index contributed by atoms with van der Waals surface area (Å²) in [7, 11) is 0. The minimum atomic E-state index is -0.593. The van der Waals surface area contributed by atoms with Gasteiger partial charge in [0.1, 0.15) is 27.6 Å². The van der Waals surface area contributed by atoms with Gasteiger partial charge in [0.15, 0.2) is 58.3 Å². The third-order valence-corrected chi connectivity index (χ3v) is 23.2. The quantitative estimate of drug-likeness (QED) is 0.0397. The summed E-state index contributed by atoms with van der Waals surface area (Å²) in [6.45, 7) is 20.5. The Labute approximate surface area is 779 Å². The highest BCUT2D eigenvalue weighted by atomic mass is 16.5. The van der Waals surface area contributed by atoms with Crippen molar-refractivity contribution in [2.24, 2.45) is 0 Å². The summed E-state index contributed by atoms with van der Waals surface area (Å²) < 4.78 is 36.6. The van der Waals surface area contributed by atoms with E-state index in [1.165, 1.54) is 0 Å². The fraction of sp³-hybridized carbons (Fsp3) is 0.337. The molecular weight excluding hydrogens is 1740 g/mol. The first kappa shape index (κ1) is 90.9. The topological polar surface area (TPSA) is 500 Å². The van der Waals surface area contributed by atoms with E-state index in [0.29, 0.717) is 112 Å². The number of amides is 6. The third-order valence-electron chi connectivity index (χ3n) is 23.2. The molecule has 6 saturated heterocycles. The number of aryl methyl sites for hydroxylation is 1. The smallest absolute Gasteiger partial charge is 0.319 e. The minimum absolute atomic E-state index is 0.100. The van der Waals surface area contributed by atoms with Crippen LogP contribution in [0, 0.1) is 6.92 Å². The van der Waals surface area contributed by atoms with Crippen molar-refractivity contribution in [1.82, 2.24) is 114 Å². The van der Waals surface area contributed by atoms with Gasteiger partial charge in [0, 0.05) is 169 Å². The van der Waals surface area contributed by atoms with Gasteiger partial charge in [-0.1, -0.05) is 0 Å². The number of ether oxygens (including phenoxy) is 5. The molecule has 19 heterocycles. The maximum absolute atomic E-state index is 12.3. The van der Waals surface area contributed by atoms with Gasteiger partial charge in [-0.3, -0.25) is 4.98 Å². The number of aliphatic hydroxyl groups excluding tert-OH is 2. The highest BCUT2D eigenvalue weighted by molar-refractivity contribution is 5.91. The van der Waals surface area contributed by atoms with Crippen LogP contribution in [0.15, 0.2) is 189 Å². The molecular formula is C92H106N34O10. The first-order valence-corrected chi connectivity index (χ1v) is 45.2. The van der Waals surface area contributed by atoms with E-state index in [1.54, 1.807) is 55.8 Å². The average Bonchev–Trinajstić information content (AvgIpc) is 1.58. The molecule has 13 aromatic heterocycles. The van der Waals surface area contributed by atoms with Gasteiger partial charge < -0.3 is 112 Å². The van der Waals surface area contributed by atoms with Crippen LogP contribution in [0.2, 0.25) is 0 Å². The Hall–Kier alpha value is -15.6. The van der Waals surface area contributed by atoms with E-state index in [9.17, 15) is 19.5 Å². The second-order valence-electron chi connectivity index (χ2n) is 32.6. The van der Waals surface area contributed by atoms with Gasteiger partial charge in [-0.15, -0.1) is 25.5 Å². The number of pyridine rings is 1. The Morgan fingerprint density at radius 3 is 1.27 bits per heavy atom.